The van der Waals surface area contributed by atoms with Crippen molar-refractivity contribution in [3.8, 4) is 0 Å². The molecular weight excluding hydrogens is 596 g/mol. The second-order valence-corrected chi connectivity index (χ2v) is 12.7. The number of piperidine rings is 1. The summed E-state index contributed by atoms with van der Waals surface area (Å²) in [6.07, 6.45) is 7.33. The molecule has 226 valence electrons. The smallest absolute Gasteiger partial charge is 0.340 e. The minimum atomic E-state index is -0.958. The van der Waals surface area contributed by atoms with Crippen molar-refractivity contribution in [1.29, 1.82) is 0 Å². The second kappa shape index (κ2) is 13.5. The largest absolute Gasteiger partial charge is 0.464 e. The molecule has 42 heavy (non-hydrogen) atoms. The maximum Gasteiger partial charge on any atom is 0.340 e. The van der Waals surface area contributed by atoms with Crippen molar-refractivity contribution < 1.29 is 19.0 Å². The number of hydrogen-bond acceptors (Lipinski definition) is 7. The van der Waals surface area contributed by atoms with Crippen molar-refractivity contribution in [3.63, 3.8) is 0 Å². The third kappa shape index (κ3) is 7.68. The van der Waals surface area contributed by atoms with E-state index in [0.29, 0.717) is 23.5 Å². The number of carbonyl (C=O) groups is 1. The highest BCUT2D eigenvalue weighted by molar-refractivity contribution is 9.10. The molecule has 2 aromatic heterocycles. The number of ether oxygens (including phenoxy) is 3. The number of esters is 1. The lowest BCUT2D eigenvalue weighted by atomic mass is 9.92. The summed E-state index contributed by atoms with van der Waals surface area (Å²) in [5.41, 5.74) is 3.23. The molecule has 4 rings (SSSR count). The molecule has 0 bridgehead atoms. The van der Waals surface area contributed by atoms with Crippen LogP contribution in [0.25, 0.3) is 11.7 Å². The van der Waals surface area contributed by atoms with E-state index in [1.807, 2.05) is 62.6 Å². The first kappa shape index (κ1) is 31.9. The van der Waals surface area contributed by atoms with Gasteiger partial charge in [0.1, 0.15) is 5.82 Å². The zero-order chi connectivity index (χ0) is 30.5. The predicted octanol–water partition coefficient (Wildman–Crippen LogP) is 7.04. The van der Waals surface area contributed by atoms with E-state index in [4.69, 9.17) is 24.3 Å². The van der Waals surface area contributed by atoms with Crippen LogP contribution < -0.4 is 4.90 Å². The summed E-state index contributed by atoms with van der Waals surface area (Å²) in [6, 6.07) is 10.2. The SMILES string of the molecule is C=CCOC1(C)CCN(c2c([C@H](OC(C)(C)C)C(=O)OCC)c(C)nc3cc(C=CCc4ccccc4Br)nn23)CC1. The van der Waals surface area contributed by atoms with Crippen LogP contribution >= 0.6 is 15.9 Å². The fraction of sp³-hybridized carbons (Fsp3) is 0.485. The normalized spacial score (nSPS) is 16.2. The molecule has 1 aromatic carbocycles. The van der Waals surface area contributed by atoms with Crippen LogP contribution in [0.2, 0.25) is 0 Å². The number of aromatic nitrogens is 3. The molecule has 9 heteroatoms. The molecule has 0 amide bonds. The van der Waals surface area contributed by atoms with E-state index in [1.165, 1.54) is 5.56 Å². The molecule has 0 aliphatic carbocycles. The Labute approximate surface area is 257 Å². The van der Waals surface area contributed by atoms with Gasteiger partial charge in [-0.25, -0.2) is 9.78 Å². The van der Waals surface area contributed by atoms with Crippen molar-refractivity contribution in [1.82, 2.24) is 14.6 Å². The Morgan fingerprint density at radius 1 is 1.24 bits per heavy atom. The lowest BCUT2D eigenvalue weighted by Crippen LogP contribution is -2.45. The van der Waals surface area contributed by atoms with Gasteiger partial charge in [-0.1, -0.05) is 46.3 Å². The maximum atomic E-state index is 13.4. The number of hydrogen-bond donors (Lipinski definition) is 0. The zero-order valence-electron chi connectivity index (χ0n) is 25.7. The van der Waals surface area contributed by atoms with Crippen molar-refractivity contribution in [2.45, 2.75) is 78.1 Å². The van der Waals surface area contributed by atoms with Crippen LogP contribution in [0.1, 0.15) is 76.1 Å². The van der Waals surface area contributed by atoms with Crippen LogP contribution in [0.4, 0.5) is 5.82 Å². The highest BCUT2D eigenvalue weighted by Gasteiger charge is 2.38. The van der Waals surface area contributed by atoms with E-state index in [1.54, 1.807) is 13.0 Å². The predicted molar refractivity (Wildman–Crippen MR) is 171 cm³/mol. The first-order valence-corrected chi connectivity index (χ1v) is 15.4. The molecule has 3 heterocycles. The first-order chi connectivity index (χ1) is 19.9. The van der Waals surface area contributed by atoms with E-state index in [0.717, 1.165) is 48.3 Å². The molecule has 1 aliphatic heterocycles. The number of nitrogens with zero attached hydrogens (tertiary/aromatic N) is 4. The Morgan fingerprint density at radius 3 is 2.60 bits per heavy atom. The van der Waals surface area contributed by atoms with Crippen molar-refractivity contribution in [3.05, 3.63) is 76.1 Å². The molecule has 0 unspecified atom stereocenters. The third-order valence-corrected chi connectivity index (χ3v) is 8.09. The molecule has 0 spiro atoms. The Morgan fingerprint density at radius 2 is 1.95 bits per heavy atom. The number of aryl methyl sites for hydroxylation is 1. The standard InChI is InChI=1S/C33H43BrN4O4/c1-8-21-41-33(7)17-19-37(20-18-33)30-28(29(31(39)40-9-2)42-32(4,5)6)23(3)35-27-22-25(36-38(27)30)15-12-14-24-13-10-11-16-26(24)34/h8,10-13,15-16,22,29H,1,9,14,17-21H2,2-7H3/t29-/m0/s1. The maximum absolute atomic E-state index is 13.4. The van der Waals surface area contributed by atoms with Crippen molar-refractivity contribution in [2.75, 3.05) is 31.2 Å². The average molecular weight is 640 g/mol. The summed E-state index contributed by atoms with van der Waals surface area (Å²) in [6.45, 7) is 17.7. The van der Waals surface area contributed by atoms with Gasteiger partial charge in [0.25, 0.3) is 0 Å². The molecule has 0 radical (unpaired) electrons. The quantitative estimate of drug-likeness (QED) is 0.165. The second-order valence-electron chi connectivity index (χ2n) is 11.9. The summed E-state index contributed by atoms with van der Waals surface area (Å²) >= 11 is 3.63. The third-order valence-electron chi connectivity index (χ3n) is 7.31. The Bertz CT molecular complexity index is 1430. The summed E-state index contributed by atoms with van der Waals surface area (Å²) in [7, 11) is 0. The Kier molecular flexibility index (Phi) is 10.3. The Hall–Kier alpha value is -3.01. The number of carbonyl (C=O) groups excluding carboxylic acids is 1. The fourth-order valence-corrected chi connectivity index (χ4v) is 5.63. The average Bonchev–Trinajstić information content (AvgIpc) is 3.33. The molecule has 3 aromatic rings. The van der Waals surface area contributed by atoms with Crippen molar-refractivity contribution >= 4 is 39.4 Å². The lowest BCUT2D eigenvalue weighted by molar-refractivity contribution is -0.166. The van der Waals surface area contributed by atoms with Crippen LogP contribution in [-0.2, 0) is 25.4 Å². The van der Waals surface area contributed by atoms with Gasteiger partial charge in [-0.3, -0.25) is 0 Å². The van der Waals surface area contributed by atoms with E-state index in [-0.39, 0.29) is 12.2 Å². The van der Waals surface area contributed by atoms with Crippen LogP contribution in [0.15, 0.2) is 53.5 Å². The fourth-order valence-electron chi connectivity index (χ4n) is 5.19. The molecule has 0 N–H and O–H groups in total. The van der Waals surface area contributed by atoms with E-state index in [9.17, 15) is 4.79 Å². The zero-order valence-corrected chi connectivity index (χ0v) is 27.2. The number of allylic oxidation sites excluding steroid dienone is 1. The highest BCUT2D eigenvalue weighted by Crippen LogP contribution is 2.38. The highest BCUT2D eigenvalue weighted by atomic mass is 79.9. The minimum Gasteiger partial charge on any atom is -0.464 e. The van der Waals surface area contributed by atoms with Crippen LogP contribution in [0.5, 0.6) is 0 Å². The van der Waals surface area contributed by atoms with Gasteiger partial charge in [-0.2, -0.15) is 9.61 Å². The molecule has 1 fully saturated rings. The van der Waals surface area contributed by atoms with Gasteiger partial charge < -0.3 is 19.1 Å². The van der Waals surface area contributed by atoms with Gasteiger partial charge in [-0.15, -0.1) is 6.58 Å². The summed E-state index contributed by atoms with van der Waals surface area (Å²) < 4.78 is 21.0. The first-order valence-electron chi connectivity index (χ1n) is 14.6. The number of benzene rings is 1. The summed E-state index contributed by atoms with van der Waals surface area (Å²) in [4.78, 5) is 20.6. The topological polar surface area (TPSA) is 78.2 Å². The summed E-state index contributed by atoms with van der Waals surface area (Å²) in [5.74, 6) is 0.367. The molecule has 1 atom stereocenters. The van der Waals surface area contributed by atoms with E-state index < -0.39 is 17.7 Å². The van der Waals surface area contributed by atoms with Crippen LogP contribution in [0, 0.1) is 6.92 Å². The van der Waals surface area contributed by atoms with Crippen LogP contribution in [-0.4, -0.2) is 58.1 Å². The molecule has 8 nitrogen and oxygen atoms in total. The molecule has 1 aliphatic rings. The van der Waals surface area contributed by atoms with Gasteiger partial charge in [-0.05, 0) is 78.5 Å². The lowest BCUT2D eigenvalue weighted by Gasteiger charge is -2.41. The van der Waals surface area contributed by atoms with Gasteiger partial charge in [0, 0.05) is 29.3 Å². The number of fused-ring (bicyclic) bond motifs is 1. The molecular formula is C33H43BrN4O4. The number of halogens is 1. The monoisotopic (exact) mass is 638 g/mol. The summed E-state index contributed by atoms with van der Waals surface area (Å²) in [5, 5.41) is 4.98. The van der Waals surface area contributed by atoms with Gasteiger partial charge in [0.15, 0.2) is 11.8 Å². The van der Waals surface area contributed by atoms with E-state index in [2.05, 4.69) is 46.5 Å². The number of rotatable bonds is 11. The minimum absolute atomic E-state index is 0.252. The van der Waals surface area contributed by atoms with Crippen molar-refractivity contribution in [2.24, 2.45) is 0 Å². The van der Waals surface area contributed by atoms with Gasteiger partial charge in [0.2, 0.25) is 0 Å². The van der Waals surface area contributed by atoms with E-state index >= 15 is 0 Å². The Balaban J connectivity index is 1.79. The molecule has 0 saturated carbocycles. The molecule has 1 saturated heterocycles. The van der Waals surface area contributed by atoms with Crippen LogP contribution in [0.3, 0.4) is 0 Å². The van der Waals surface area contributed by atoms with Gasteiger partial charge >= 0.3 is 5.97 Å². The van der Waals surface area contributed by atoms with Gasteiger partial charge in [0.05, 0.1) is 35.7 Å². The number of anilines is 1.